The third kappa shape index (κ3) is 5.38. The summed E-state index contributed by atoms with van der Waals surface area (Å²) >= 11 is 2.96. The lowest BCUT2D eigenvalue weighted by molar-refractivity contribution is -0.143. The van der Waals surface area contributed by atoms with Crippen LogP contribution < -0.4 is 19.6 Å². The van der Waals surface area contributed by atoms with Gasteiger partial charge in [0.1, 0.15) is 5.75 Å². The topological polar surface area (TPSA) is 69.9 Å². The van der Waals surface area contributed by atoms with E-state index in [1.807, 2.05) is 101 Å². The van der Waals surface area contributed by atoms with E-state index in [2.05, 4.69) is 0 Å². The Balaban J connectivity index is 1.70. The standard InChI is InChI=1S/C32H32N2O4S2/c1-18(2)37-26-16-13-22(24-9-7-8-10-25(24)26)17-27-30(35)34-29(21-11-14-23(39-6)15-12-21)28(31(36)38-19(3)4)20(5)33-32(34)40-27/h7-19,29H,1-6H3/b27-17+/t29-/m1/s1. The van der Waals surface area contributed by atoms with Crippen molar-refractivity contribution in [3.63, 3.8) is 0 Å². The molecule has 5 rings (SSSR count). The second-order valence-electron chi connectivity index (χ2n) is 10.2. The van der Waals surface area contributed by atoms with E-state index in [1.54, 1.807) is 23.3 Å². The van der Waals surface area contributed by atoms with Gasteiger partial charge in [0.2, 0.25) is 0 Å². The van der Waals surface area contributed by atoms with E-state index in [1.165, 1.54) is 11.3 Å². The first-order valence-electron chi connectivity index (χ1n) is 13.2. The van der Waals surface area contributed by atoms with Crippen molar-refractivity contribution in [2.45, 2.75) is 57.8 Å². The van der Waals surface area contributed by atoms with Gasteiger partial charge in [-0.05, 0) is 81.7 Å². The van der Waals surface area contributed by atoms with Crippen LogP contribution in [0.2, 0.25) is 0 Å². The Morgan fingerprint density at radius 2 is 1.70 bits per heavy atom. The summed E-state index contributed by atoms with van der Waals surface area (Å²) in [7, 11) is 0. The third-order valence-corrected chi connectivity index (χ3v) is 8.31. The van der Waals surface area contributed by atoms with Crippen molar-refractivity contribution in [2.75, 3.05) is 6.26 Å². The normalized spacial score (nSPS) is 15.5. The minimum Gasteiger partial charge on any atom is -0.490 e. The minimum absolute atomic E-state index is 0.0442. The molecule has 0 N–H and O–H groups in total. The maximum absolute atomic E-state index is 14.0. The molecule has 0 fully saturated rings. The van der Waals surface area contributed by atoms with Crippen LogP contribution in [0.4, 0.5) is 0 Å². The highest BCUT2D eigenvalue weighted by atomic mass is 32.2. The number of thioether (sulfide) groups is 1. The largest absolute Gasteiger partial charge is 0.490 e. The Morgan fingerprint density at radius 3 is 2.35 bits per heavy atom. The summed E-state index contributed by atoms with van der Waals surface area (Å²) in [6, 6.07) is 19.3. The van der Waals surface area contributed by atoms with Gasteiger partial charge in [-0.15, -0.1) is 11.8 Å². The maximum Gasteiger partial charge on any atom is 0.338 e. The first-order chi connectivity index (χ1) is 19.2. The molecule has 1 atom stereocenters. The van der Waals surface area contributed by atoms with Crippen molar-refractivity contribution in [1.29, 1.82) is 0 Å². The van der Waals surface area contributed by atoms with Crippen LogP contribution in [0.1, 0.15) is 51.8 Å². The van der Waals surface area contributed by atoms with E-state index in [-0.39, 0.29) is 17.8 Å². The molecule has 8 heteroatoms. The zero-order chi connectivity index (χ0) is 28.6. The summed E-state index contributed by atoms with van der Waals surface area (Å²) in [5.74, 6) is 0.345. The lowest BCUT2D eigenvalue weighted by Crippen LogP contribution is -2.40. The second kappa shape index (κ2) is 11.5. The molecule has 0 amide bonds. The molecule has 40 heavy (non-hydrogen) atoms. The van der Waals surface area contributed by atoms with Gasteiger partial charge >= 0.3 is 5.97 Å². The highest BCUT2D eigenvalue weighted by molar-refractivity contribution is 7.98. The highest BCUT2D eigenvalue weighted by Crippen LogP contribution is 2.33. The molecule has 1 aliphatic rings. The predicted molar refractivity (Wildman–Crippen MR) is 163 cm³/mol. The summed E-state index contributed by atoms with van der Waals surface area (Å²) in [6.45, 7) is 9.43. The molecule has 0 bridgehead atoms. The van der Waals surface area contributed by atoms with Crippen molar-refractivity contribution in [3.05, 3.63) is 103 Å². The molecule has 6 nitrogen and oxygen atoms in total. The first-order valence-corrected chi connectivity index (χ1v) is 15.3. The molecule has 3 aromatic carbocycles. The number of aromatic nitrogens is 1. The molecule has 0 unspecified atom stereocenters. The van der Waals surface area contributed by atoms with E-state index in [0.717, 1.165) is 32.5 Å². The molecule has 2 heterocycles. The van der Waals surface area contributed by atoms with Gasteiger partial charge < -0.3 is 9.47 Å². The summed E-state index contributed by atoms with van der Waals surface area (Å²) in [5.41, 5.74) is 2.48. The van der Waals surface area contributed by atoms with Gasteiger partial charge in [0.05, 0.1) is 34.1 Å². The fraction of sp³-hybridized carbons (Fsp3) is 0.281. The monoisotopic (exact) mass is 572 g/mol. The van der Waals surface area contributed by atoms with Gasteiger partial charge in [0, 0.05) is 10.3 Å². The van der Waals surface area contributed by atoms with Crippen LogP contribution in [0.3, 0.4) is 0 Å². The van der Waals surface area contributed by atoms with E-state index in [0.29, 0.717) is 20.6 Å². The molecule has 4 aromatic rings. The van der Waals surface area contributed by atoms with Crippen LogP contribution in [0, 0.1) is 0 Å². The molecule has 0 spiro atoms. The Kier molecular flexibility index (Phi) is 8.01. The number of esters is 1. The average Bonchev–Trinajstić information content (AvgIpc) is 3.22. The van der Waals surface area contributed by atoms with Crippen molar-refractivity contribution >= 4 is 45.9 Å². The summed E-state index contributed by atoms with van der Waals surface area (Å²) in [6.07, 6.45) is 3.67. The number of hydrogen-bond acceptors (Lipinski definition) is 7. The van der Waals surface area contributed by atoms with Gasteiger partial charge in [-0.3, -0.25) is 9.36 Å². The molecular formula is C32H32N2O4S2. The summed E-state index contributed by atoms with van der Waals surface area (Å²) < 4.78 is 13.8. The number of benzene rings is 3. The smallest absolute Gasteiger partial charge is 0.338 e. The number of thiazole rings is 1. The maximum atomic E-state index is 14.0. The van der Waals surface area contributed by atoms with Crippen LogP contribution in [-0.2, 0) is 9.53 Å². The fourth-order valence-corrected chi connectivity index (χ4v) is 6.33. The number of ether oxygens (including phenoxy) is 2. The SMILES string of the molecule is CSc1ccc([C@@H]2C(C(=O)OC(C)C)=C(C)N=c3s/c(=C/c4ccc(OC(C)C)c5ccccc45)c(=O)n32)cc1. The lowest BCUT2D eigenvalue weighted by Gasteiger charge is -2.25. The Hall–Kier alpha value is -3.62. The van der Waals surface area contributed by atoms with Crippen LogP contribution in [0.5, 0.6) is 5.75 Å². The van der Waals surface area contributed by atoms with Crippen molar-refractivity contribution in [3.8, 4) is 5.75 Å². The molecule has 0 saturated heterocycles. The predicted octanol–water partition coefficient (Wildman–Crippen LogP) is 5.85. The van der Waals surface area contributed by atoms with Crippen LogP contribution in [0.15, 0.2) is 86.6 Å². The zero-order valence-electron chi connectivity index (χ0n) is 23.4. The van der Waals surface area contributed by atoms with Crippen molar-refractivity contribution in [1.82, 2.24) is 4.57 Å². The van der Waals surface area contributed by atoms with Gasteiger partial charge in [-0.25, -0.2) is 9.79 Å². The number of carbonyl (C=O) groups excluding carboxylic acids is 1. The van der Waals surface area contributed by atoms with Gasteiger partial charge in [-0.1, -0.05) is 53.8 Å². The lowest BCUT2D eigenvalue weighted by atomic mass is 9.96. The summed E-state index contributed by atoms with van der Waals surface area (Å²) in [4.78, 5) is 33.7. The molecule has 0 saturated carbocycles. The number of carbonyl (C=O) groups is 1. The molecule has 0 radical (unpaired) electrons. The van der Waals surface area contributed by atoms with E-state index < -0.39 is 12.0 Å². The van der Waals surface area contributed by atoms with Gasteiger partial charge in [0.25, 0.3) is 5.56 Å². The molecular weight excluding hydrogens is 540 g/mol. The Bertz CT molecular complexity index is 1800. The van der Waals surface area contributed by atoms with E-state index in [4.69, 9.17) is 14.5 Å². The van der Waals surface area contributed by atoms with Crippen LogP contribution in [0.25, 0.3) is 16.8 Å². The molecule has 0 aliphatic carbocycles. The number of hydrogen-bond donors (Lipinski definition) is 0. The number of rotatable bonds is 7. The molecule has 1 aromatic heterocycles. The molecule has 206 valence electrons. The number of fused-ring (bicyclic) bond motifs is 2. The summed E-state index contributed by atoms with van der Waals surface area (Å²) in [5, 5.41) is 1.98. The van der Waals surface area contributed by atoms with Gasteiger partial charge in [-0.2, -0.15) is 0 Å². The van der Waals surface area contributed by atoms with Crippen LogP contribution in [-0.4, -0.2) is 29.0 Å². The number of nitrogens with zero attached hydrogens (tertiary/aromatic N) is 2. The van der Waals surface area contributed by atoms with E-state index >= 15 is 0 Å². The zero-order valence-corrected chi connectivity index (χ0v) is 25.1. The van der Waals surface area contributed by atoms with Crippen molar-refractivity contribution in [2.24, 2.45) is 4.99 Å². The van der Waals surface area contributed by atoms with E-state index in [9.17, 15) is 9.59 Å². The average molecular weight is 573 g/mol. The van der Waals surface area contributed by atoms with Gasteiger partial charge in [0.15, 0.2) is 4.80 Å². The third-order valence-electron chi connectivity index (χ3n) is 6.58. The van der Waals surface area contributed by atoms with Crippen molar-refractivity contribution < 1.29 is 14.3 Å². The first kappa shape index (κ1) is 27.9. The fourth-order valence-electron chi connectivity index (χ4n) is 4.88. The molecule has 1 aliphatic heterocycles. The Labute approximate surface area is 241 Å². The number of allylic oxidation sites excluding steroid dienone is 1. The second-order valence-corrected chi connectivity index (χ2v) is 12.1. The quantitative estimate of drug-likeness (QED) is 0.205. The highest BCUT2D eigenvalue weighted by Gasteiger charge is 2.33. The van der Waals surface area contributed by atoms with Crippen LogP contribution >= 0.6 is 23.1 Å². The Morgan fingerprint density at radius 1 is 1.00 bits per heavy atom. The minimum atomic E-state index is -0.640.